The largest absolute Gasteiger partial charge is 0.497 e. The van der Waals surface area contributed by atoms with E-state index >= 15 is 0 Å². The topological polar surface area (TPSA) is 136 Å². The molecule has 0 bridgehead atoms. The summed E-state index contributed by atoms with van der Waals surface area (Å²) < 4.78 is 49.2. The number of carbonyl (C=O) groups excluding carboxylic acids is 2. The monoisotopic (exact) mass is 726 g/mol. The molecule has 1 aliphatic carbocycles. The Labute approximate surface area is 306 Å². The predicted molar refractivity (Wildman–Crippen MR) is 193 cm³/mol. The number of benzene rings is 2. The van der Waals surface area contributed by atoms with Crippen LogP contribution in [0.15, 0.2) is 30.3 Å². The number of hydrogen-bond acceptors (Lipinski definition) is 12. The first-order valence-corrected chi connectivity index (χ1v) is 17.9. The Hall–Kier alpha value is -4.04. The van der Waals surface area contributed by atoms with Gasteiger partial charge < -0.3 is 47.6 Å². The number of rotatable bonds is 12. The van der Waals surface area contributed by atoms with Crippen LogP contribution in [0.1, 0.15) is 61.3 Å². The number of nitrogens with one attached hydrogen (secondary N) is 1. The number of aromatic nitrogens is 1. The first kappa shape index (κ1) is 39.2. The third-order valence-electron chi connectivity index (χ3n) is 10.6. The second-order valence-electron chi connectivity index (χ2n) is 13.2. The molecule has 6 atom stereocenters. The molecule has 0 spiro atoms. The summed E-state index contributed by atoms with van der Waals surface area (Å²) in [5.74, 6) is 0.441. The zero-order valence-corrected chi connectivity index (χ0v) is 31.8. The molecule has 52 heavy (non-hydrogen) atoms. The van der Waals surface area contributed by atoms with Crippen molar-refractivity contribution >= 4 is 22.8 Å². The van der Waals surface area contributed by atoms with Crippen molar-refractivity contribution in [2.45, 2.75) is 64.6 Å². The number of piperidine rings is 1. The number of aromatic amines is 1. The highest BCUT2D eigenvalue weighted by molar-refractivity contribution is 5.91. The average Bonchev–Trinajstić information content (AvgIpc) is 3.54. The second-order valence-corrected chi connectivity index (χ2v) is 13.2. The smallest absolute Gasteiger partial charge is 0.338 e. The summed E-state index contributed by atoms with van der Waals surface area (Å²) in [6.45, 7) is 8.93. The molecule has 6 rings (SSSR count). The van der Waals surface area contributed by atoms with Gasteiger partial charge in [-0.15, -0.1) is 0 Å². The van der Waals surface area contributed by atoms with Crippen LogP contribution < -0.4 is 18.9 Å². The van der Waals surface area contributed by atoms with Crippen LogP contribution >= 0.6 is 0 Å². The molecule has 13 heteroatoms. The average molecular weight is 727 g/mol. The van der Waals surface area contributed by atoms with Crippen LogP contribution in [0.3, 0.4) is 0 Å². The number of fused-ring (bicyclic) bond motifs is 6. The van der Waals surface area contributed by atoms with Crippen LogP contribution in [0.4, 0.5) is 0 Å². The number of ether oxygens (including phenoxy) is 9. The normalized spacial score (nSPS) is 23.7. The van der Waals surface area contributed by atoms with E-state index in [0.717, 1.165) is 50.4 Å². The molecule has 2 aromatic carbocycles. The molecule has 2 aliphatic heterocycles. The number of nitrogens with zero attached hydrogens (tertiary/aromatic N) is 1. The van der Waals surface area contributed by atoms with E-state index in [1.165, 1.54) is 45.1 Å². The molecular weight excluding hydrogens is 672 g/mol. The molecule has 3 heterocycles. The third kappa shape index (κ3) is 7.97. The molecule has 0 unspecified atom stereocenters. The predicted octanol–water partition coefficient (Wildman–Crippen LogP) is 5.58. The van der Waals surface area contributed by atoms with E-state index in [4.69, 9.17) is 42.6 Å². The van der Waals surface area contributed by atoms with Crippen LogP contribution in [-0.2, 0) is 34.9 Å². The van der Waals surface area contributed by atoms with Gasteiger partial charge in [0.25, 0.3) is 0 Å². The van der Waals surface area contributed by atoms with Gasteiger partial charge in [-0.1, -0.05) is 0 Å². The Morgan fingerprint density at radius 1 is 0.904 bits per heavy atom. The summed E-state index contributed by atoms with van der Waals surface area (Å²) in [6.07, 6.45) is 0.883. The van der Waals surface area contributed by atoms with Crippen LogP contribution in [0.5, 0.6) is 23.0 Å². The van der Waals surface area contributed by atoms with Crippen LogP contribution in [0, 0.1) is 17.8 Å². The lowest BCUT2D eigenvalue weighted by molar-refractivity contribution is -0.176. The van der Waals surface area contributed by atoms with E-state index in [-0.39, 0.29) is 35.7 Å². The molecule has 13 nitrogen and oxygen atoms in total. The Morgan fingerprint density at radius 3 is 2.17 bits per heavy atom. The quantitative estimate of drug-likeness (QED) is 0.185. The summed E-state index contributed by atoms with van der Waals surface area (Å²) in [5, 5.41) is 1.21. The molecule has 1 saturated heterocycles. The van der Waals surface area contributed by atoms with Crippen molar-refractivity contribution in [1.82, 2.24) is 9.88 Å². The lowest BCUT2D eigenvalue weighted by Gasteiger charge is -2.52. The Morgan fingerprint density at radius 2 is 1.60 bits per heavy atom. The van der Waals surface area contributed by atoms with Crippen molar-refractivity contribution in [3.63, 3.8) is 0 Å². The minimum absolute atomic E-state index is 0.0170. The van der Waals surface area contributed by atoms with Gasteiger partial charge in [0.05, 0.1) is 53.1 Å². The Kier molecular flexibility index (Phi) is 13.3. The maximum atomic E-state index is 13.5. The van der Waals surface area contributed by atoms with E-state index in [0.29, 0.717) is 23.7 Å². The van der Waals surface area contributed by atoms with Crippen molar-refractivity contribution in [2.24, 2.45) is 17.8 Å². The standard InChI is InChI=1S/C33H40N2O9.C6H14O2/c1-38-19-7-8-20-21-9-10-35-16-18-13-27(44-32(36)17-11-25(39-2)30(41-4)26(12-17)40-3)31(42-5)28(33(37)43-6)22(18)15-24(35)29(21)34-23(20)14-19;1-4-7-6(3)8-5-2/h7-8,11-12,14,18,22,24,27-28,31,34H,9-10,13,15-16H2,1-6H3;6H,4-5H2,1-3H3/t18-,22+,24-,27-,28+,31+;/m1./s1. The second kappa shape index (κ2) is 17.7. The molecule has 0 amide bonds. The molecular formula is C39H54N2O11. The first-order chi connectivity index (χ1) is 25.2. The minimum atomic E-state index is -0.670. The molecule has 1 aromatic heterocycles. The van der Waals surface area contributed by atoms with Crippen molar-refractivity contribution in [2.75, 3.05) is 69.0 Å². The van der Waals surface area contributed by atoms with Gasteiger partial charge in [-0.25, -0.2) is 4.79 Å². The fourth-order valence-electron chi connectivity index (χ4n) is 8.28. The van der Waals surface area contributed by atoms with Gasteiger partial charge in [0, 0.05) is 56.1 Å². The zero-order chi connectivity index (χ0) is 37.5. The summed E-state index contributed by atoms with van der Waals surface area (Å²) in [7, 11) is 9.10. The van der Waals surface area contributed by atoms with Gasteiger partial charge >= 0.3 is 11.9 Å². The molecule has 3 aliphatic rings. The van der Waals surface area contributed by atoms with E-state index < -0.39 is 24.1 Å². The van der Waals surface area contributed by atoms with Gasteiger partial charge in [-0.2, -0.15) is 0 Å². The van der Waals surface area contributed by atoms with E-state index in [1.807, 2.05) is 32.9 Å². The Bertz CT molecular complexity index is 1640. The van der Waals surface area contributed by atoms with Gasteiger partial charge in [-0.05, 0) is 81.7 Å². The van der Waals surface area contributed by atoms with Crippen molar-refractivity contribution in [3.8, 4) is 23.0 Å². The number of carbonyl (C=O) groups is 2. The number of H-pyrrole nitrogens is 1. The van der Waals surface area contributed by atoms with Crippen molar-refractivity contribution in [3.05, 3.63) is 47.2 Å². The number of hydrogen-bond donors (Lipinski definition) is 1. The maximum absolute atomic E-state index is 13.5. The fourth-order valence-corrected chi connectivity index (χ4v) is 8.28. The number of esters is 2. The van der Waals surface area contributed by atoms with Crippen molar-refractivity contribution < 1.29 is 52.2 Å². The Balaban J connectivity index is 0.000000587. The maximum Gasteiger partial charge on any atom is 0.338 e. The third-order valence-corrected chi connectivity index (χ3v) is 10.6. The molecule has 2 fully saturated rings. The van der Waals surface area contributed by atoms with E-state index in [1.54, 1.807) is 26.4 Å². The molecule has 0 radical (unpaired) electrons. The van der Waals surface area contributed by atoms with Gasteiger partial charge in [0.2, 0.25) is 5.75 Å². The summed E-state index contributed by atoms with van der Waals surface area (Å²) in [5.41, 5.74) is 3.83. The highest BCUT2D eigenvalue weighted by Gasteiger charge is 2.54. The highest BCUT2D eigenvalue weighted by Crippen LogP contribution is 2.51. The fraction of sp³-hybridized carbons (Fsp3) is 0.590. The van der Waals surface area contributed by atoms with E-state index in [9.17, 15) is 9.59 Å². The SMILES string of the molecule is CCOC(C)OCC.COC(=O)[C@H]1[C@H]2C[C@@H]3c4[nH]c5cc(OC)ccc5c4CCN3C[C@H]2C[C@@H](OC(=O)c2cc(OC)c(OC)c(OC)c2)[C@@H]1OC. The molecule has 3 aromatic rings. The van der Waals surface area contributed by atoms with E-state index in [2.05, 4.69) is 16.0 Å². The summed E-state index contributed by atoms with van der Waals surface area (Å²) in [4.78, 5) is 33.1. The number of methoxy groups -OCH3 is 6. The molecule has 1 saturated carbocycles. The lowest BCUT2D eigenvalue weighted by Crippen LogP contribution is -2.58. The van der Waals surface area contributed by atoms with Crippen LogP contribution in [0.2, 0.25) is 0 Å². The van der Waals surface area contributed by atoms with Crippen LogP contribution in [-0.4, -0.2) is 109 Å². The summed E-state index contributed by atoms with van der Waals surface area (Å²) in [6, 6.07) is 9.40. The molecule has 1 N–H and O–H groups in total. The first-order valence-electron chi connectivity index (χ1n) is 17.9. The summed E-state index contributed by atoms with van der Waals surface area (Å²) >= 11 is 0. The van der Waals surface area contributed by atoms with Gasteiger partial charge in [0.15, 0.2) is 17.8 Å². The van der Waals surface area contributed by atoms with Crippen LogP contribution in [0.25, 0.3) is 10.9 Å². The lowest BCUT2D eigenvalue weighted by atomic mass is 9.63. The van der Waals surface area contributed by atoms with Gasteiger partial charge in [0.1, 0.15) is 18.0 Å². The zero-order valence-electron chi connectivity index (χ0n) is 31.8. The highest BCUT2D eigenvalue weighted by atomic mass is 16.7. The van der Waals surface area contributed by atoms with Crippen molar-refractivity contribution in [1.29, 1.82) is 0 Å². The molecule has 286 valence electrons. The minimum Gasteiger partial charge on any atom is -0.497 e. The van der Waals surface area contributed by atoms with Gasteiger partial charge in [-0.3, -0.25) is 9.69 Å².